The molecule has 0 fully saturated rings. The average molecular weight is 687 g/mol. The summed E-state index contributed by atoms with van der Waals surface area (Å²) in [7, 11) is 0. The number of guanidine groups is 1. The maximum atomic E-state index is 13.8. The fourth-order valence-electron chi connectivity index (χ4n) is 5.37. The van der Waals surface area contributed by atoms with Crippen molar-refractivity contribution in [2.45, 2.75) is 56.3 Å². The quantitative estimate of drug-likeness (QED) is 0.0418. The molecule has 1 aromatic heterocycles. The third kappa shape index (κ3) is 10.7. The molecule has 4 atom stereocenters. The van der Waals surface area contributed by atoms with Crippen LogP contribution in [0.25, 0.3) is 10.9 Å². The minimum atomic E-state index is -1.34. The van der Waals surface area contributed by atoms with E-state index < -0.39 is 47.9 Å². The number of hydrogen-bond acceptors (Lipinski definition) is 8. The van der Waals surface area contributed by atoms with Crippen molar-refractivity contribution in [2.75, 3.05) is 6.54 Å². The largest absolute Gasteiger partial charge is 0.508 e. The molecule has 0 bridgehead atoms. The standard InChI is InChI=1S/C35H42N8O7/c36-26(16-20-7-11-23(44)12-8-20)31(46)41-28(6-3-15-39-35(37)38)32(47)42-29(17-21-9-13-24(45)14-10-21)33(48)43-30(34(49)50)18-22-19-40-27-5-2-1-4-25(22)27/h1-2,4-5,7-14,19,26,28-30,40,44-45H,3,6,15-18,36H2,(H,41,46)(H,42,47)(H,43,48)(H,49,50)(H4,37,38,39). The van der Waals surface area contributed by atoms with Gasteiger partial charge in [0, 0.05) is 36.5 Å². The first kappa shape index (κ1) is 36.7. The highest BCUT2D eigenvalue weighted by atomic mass is 16.4. The number of aromatic nitrogens is 1. The maximum Gasteiger partial charge on any atom is 0.326 e. The van der Waals surface area contributed by atoms with Crippen LogP contribution >= 0.6 is 0 Å². The predicted molar refractivity (Wildman–Crippen MR) is 187 cm³/mol. The van der Waals surface area contributed by atoms with Crippen LogP contribution in [-0.4, -0.2) is 80.7 Å². The molecule has 15 heteroatoms. The Morgan fingerprint density at radius 2 is 1.28 bits per heavy atom. The van der Waals surface area contributed by atoms with Crippen LogP contribution in [0, 0.1) is 0 Å². The van der Waals surface area contributed by atoms with E-state index in [2.05, 4.69) is 25.9 Å². The molecule has 15 nitrogen and oxygen atoms in total. The Morgan fingerprint density at radius 1 is 0.720 bits per heavy atom. The number of nitrogens with one attached hydrogen (secondary N) is 4. The molecule has 50 heavy (non-hydrogen) atoms. The molecule has 0 spiro atoms. The molecule has 0 saturated carbocycles. The van der Waals surface area contributed by atoms with E-state index in [1.165, 1.54) is 24.3 Å². The van der Waals surface area contributed by atoms with Gasteiger partial charge in [0.25, 0.3) is 0 Å². The number of nitrogens with zero attached hydrogens (tertiary/aromatic N) is 1. The number of phenolic OH excluding ortho intramolecular Hbond substituents is 2. The zero-order valence-corrected chi connectivity index (χ0v) is 27.2. The van der Waals surface area contributed by atoms with Crippen molar-refractivity contribution in [3.63, 3.8) is 0 Å². The van der Waals surface area contributed by atoms with Crippen LogP contribution in [0.5, 0.6) is 11.5 Å². The average Bonchev–Trinajstić information content (AvgIpc) is 3.49. The molecule has 0 saturated heterocycles. The number of aliphatic carboxylic acids is 1. The van der Waals surface area contributed by atoms with Crippen molar-refractivity contribution in [1.29, 1.82) is 0 Å². The number of para-hydroxylation sites is 1. The minimum absolute atomic E-state index is 0.00403. The Bertz CT molecular complexity index is 1800. The van der Waals surface area contributed by atoms with Gasteiger partial charge in [0.05, 0.1) is 6.04 Å². The molecule has 4 unspecified atom stereocenters. The summed E-state index contributed by atoms with van der Waals surface area (Å²) in [6.45, 7) is 0.160. The Labute approximate surface area is 288 Å². The number of benzene rings is 3. The molecule has 0 aliphatic heterocycles. The number of aliphatic imine (C=N–C) groups is 1. The minimum Gasteiger partial charge on any atom is -0.508 e. The van der Waals surface area contributed by atoms with Crippen molar-refractivity contribution in [1.82, 2.24) is 20.9 Å². The number of aromatic amines is 1. The van der Waals surface area contributed by atoms with E-state index in [0.717, 1.165) is 10.9 Å². The van der Waals surface area contributed by atoms with Crippen LogP contribution in [0.15, 0.2) is 84.0 Å². The van der Waals surface area contributed by atoms with E-state index in [0.29, 0.717) is 16.7 Å². The molecule has 3 aromatic carbocycles. The highest BCUT2D eigenvalue weighted by Gasteiger charge is 2.31. The van der Waals surface area contributed by atoms with Crippen LogP contribution < -0.4 is 33.2 Å². The number of nitrogens with two attached hydrogens (primary N) is 3. The highest BCUT2D eigenvalue weighted by Crippen LogP contribution is 2.20. The Morgan fingerprint density at radius 3 is 1.90 bits per heavy atom. The van der Waals surface area contributed by atoms with Crippen LogP contribution in [0.4, 0.5) is 0 Å². The van der Waals surface area contributed by atoms with Crippen LogP contribution in [0.2, 0.25) is 0 Å². The monoisotopic (exact) mass is 686 g/mol. The van der Waals surface area contributed by atoms with Gasteiger partial charge in [-0.1, -0.05) is 42.5 Å². The van der Waals surface area contributed by atoms with Gasteiger partial charge in [-0.15, -0.1) is 0 Å². The van der Waals surface area contributed by atoms with Crippen molar-refractivity contribution < 1.29 is 34.5 Å². The fourth-order valence-corrected chi connectivity index (χ4v) is 5.37. The Kier molecular flexibility index (Phi) is 12.7. The second kappa shape index (κ2) is 17.3. The van der Waals surface area contributed by atoms with Crippen LogP contribution in [-0.2, 0) is 38.4 Å². The number of carbonyl (C=O) groups is 4. The summed E-state index contributed by atoms with van der Waals surface area (Å²) in [6, 6.07) is 14.7. The third-order valence-corrected chi connectivity index (χ3v) is 8.03. The molecule has 0 aliphatic rings. The summed E-state index contributed by atoms with van der Waals surface area (Å²) in [6.07, 6.45) is 2.06. The number of H-pyrrole nitrogens is 1. The lowest BCUT2D eigenvalue weighted by atomic mass is 10.0. The van der Waals surface area contributed by atoms with Gasteiger partial charge in [-0.2, -0.15) is 0 Å². The van der Waals surface area contributed by atoms with Crippen molar-refractivity contribution >= 4 is 40.6 Å². The van der Waals surface area contributed by atoms with E-state index in [4.69, 9.17) is 17.2 Å². The molecule has 0 aliphatic carbocycles. The van der Waals surface area contributed by atoms with E-state index in [1.54, 1.807) is 30.5 Å². The summed E-state index contributed by atoms with van der Waals surface area (Å²) in [4.78, 5) is 60.1. The first-order valence-corrected chi connectivity index (χ1v) is 15.9. The summed E-state index contributed by atoms with van der Waals surface area (Å²) < 4.78 is 0. The second-order valence-corrected chi connectivity index (χ2v) is 11.9. The zero-order chi connectivity index (χ0) is 36.2. The first-order chi connectivity index (χ1) is 23.9. The fraction of sp³-hybridized carbons (Fsp3) is 0.286. The van der Waals surface area contributed by atoms with E-state index in [9.17, 15) is 34.5 Å². The van der Waals surface area contributed by atoms with E-state index in [-0.39, 0.29) is 56.1 Å². The zero-order valence-electron chi connectivity index (χ0n) is 27.2. The number of phenols is 2. The van der Waals surface area contributed by atoms with Crippen LogP contribution in [0.1, 0.15) is 29.5 Å². The number of carboxylic acids is 1. The Balaban J connectivity index is 1.53. The lowest BCUT2D eigenvalue weighted by molar-refractivity contribution is -0.142. The number of rotatable bonds is 17. The Hall–Kier alpha value is -6.09. The smallest absolute Gasteiger partial charge is 0.326 e. The molecule has 4 rings (SSSR count). The lowest BCUT2D eigenvalue weighted by Crippen LogP contribution is -2.58. The number of aromatic hydroxyl groups is 2. The summed E-state index contributed by atoms with van der Waals surface area (Å²) in [5.74, 6) is -3.48. The molecule has 13 N–H and O–H groups in total. The number of carbonyl (C=O) groups excluding carboxylic acids is 3. The van der Waals surface area contributed by atoms with Gasteiger partial charge in [0.15, 0.2) is 5.96 Å². The number of carboxylic acid groups (broad SMARTS) is 1. The van der Waals surface area contributed by atoms with Crippen molar-refractivity contribution in [3.8, 4) is 11.5 Å². The first-order valence-electron chi connectivity index (χ1n) is 15.9. The van der Waals surface area contributed by atoms with E-state index in [1.807, 2.05) is 24.3 Å². The lowest BCUT2D eigenvalue weighted by Gasteiger charge is -2.25. The topological polar surface area (TPSA) is 271 Å². The van der Waals surface area contributed by atoms with Gasteiger partial charge in [-0.05, 0) is 66.3 Å². The van der Waals surface area contributed by atoms with E-state index >= 15 is 0 Å². The van der Waals surface area contributed by atoms with Gasteiger partial charge < -0.3 is 53.5 Å². The normalized spacial score (nSPS) is 13.4. The maximum absolute atomic E-state index is 13.8. The molecule has 4 aromatic rings. The molecule has 0 radical (unpaired) electrons. The highest BCUT2D eigenvalue weighted by molar-refractivity contribution is 5.94. The SMILES string of the molecule is NC(N)=NCCCC(NC(=O)C(N)Cc1ccc(O)cc1)C(=O)NC(Cc1ccc(O)cc1)C(=O)NC(Cc1c[nH]c2ccccc12)C(=O)O. The molecule has 3 amide bonds. The van der Waals surface area contributed by atoms with Crippen LogP contribution in [0.3, 0.4) is 0 Å². The predicted octanol–water partition coefficient (Wildman–Crippen LogP) is 0.527. The van der Waals surface area contributed by atoms with Crippen molar-refractivity contribution in [3.05, 3.63) is 95.7 Å². The third-order valence-electron chi connectivity index (χ3n) is 8.03. The second-order valence-electron chi connectivity index (χ2n) is 11.9. The molecule has 264 valence electrons. The van der Waals surface area contributed by atoms with Crippen molar-refractivity contribution in [2.24, 2.45) is 22.2 Å². The summed E-state index contributed by atoms with van der Waals surface area (Å²) in [5, 5.41) is 38.1. The molecular weight excluding hydrogens is 644 g/mol. The number of hydrogen-bond donors (Lipinski definition) is 10. The number of fused-ring (bicyclic) bond motifs is 1. The molecule has 1 heterocycles. The van der Waals surface area contributed by atoms with Gasteiger partial charge in [0.2, 0.25) is 17.7 Å². The van der Waals surface area contributed by atoms with Gasteiger partial charge in [-0.25, -0.2) is 4.79 Å². The van der Waals surface area contributed by atoms with Gasteiger partial charge in [0.1, 0.15) is 29.6 Å². The van der Waals surface area contributed by atoms with Gasteiger partial charge >= 0.3 is 5.97 Å². The number of amides is 3. The molecular formula is C35H42N8O7. The summed E-state index contributed by atoms with van der Waals surface area (Å²) >= 11 is 0. The van der Waals surface area contributed by atoms with Gasteiger partial charge in [-0.3, -0.25) is 19.4 Å². The summed E-state index contributed by atoms with van der Waals surface area (Å²) in [5.41, 5.74) is 19.8.